The number of rotatable bonds is 7. The van der Waals surface area contributed by atoms with Gasteiger partial charge in [-0.3, -0.25) is 4.90 Å². The fourth-order valence-corrected chi connectivity index (χ4v) is 5.50. The van der Waals surface area contributed by atoms with Gasteiger partial charge in [-0.25, -0.2) is 22.5 Å². The molecule has 0 radical (unpaired) electrons. The first-order valence-corrected chi connectivity index (χ1v) is 12.5. The van der Waals surface area contributed by atoms with Gasteiger partial charge in [0.15, 0.2) is 0 Å². The lowest BCUT2D eigenvalue weighted by atomic mass is 10.1. The quantitative estimate of drug-likeness (QED) is 0.602. The van der Waals surface area contributed by atoms with Crippen LogP contribution in [0.4, 0.5) is 10.5 Å². The Kier molecular flexibility index (Phi) is 6.46. The van der Waals surface area contributed by atoms with Gasteiger partial charge in [0.2, 0.25) is 5.96 Å². The Morgan fingerprint density at radius 2 is 2.00 bits per heavy atom. The zero-order valence-corrected chi connectivity index (χ0v) is 19.6. The molecule has 2 aromatic carbocycles. The van der Waals surface area contributed by atoms with E-state index in [1.807, 2.05) is 24.3 Å². The molecule has 1 unspecified atom stereocenters. The molecule has 2 heterocycles. The number of nitrogens with two attached hydrogens (primary N) is 1. The van der Waals surface area contributed by atoms with Crippen molar-refractivity contribution in [1.29, 1.82) is 0 Å². The normalized spacial score (nSPS) is 17.6. The van der Waals surface area contributed by atoms with Crippen molar-refractivity contribution < 1.29 is 17.9 Å². The van der Waals surface area contributed by atoms with Crippen molar-refractivity contribution in [2.24, 2.45) is 10.7 Å². The number of aliphatic imine (C=N–C) groups is 1. The minimum Gasteiger partial charge on any atom is -0.497 e. The number of carbonyl (C=O) groups is 1. The van der Waals surface area contributed by atoms with Gasteiger partial charge in [-0.15, -0.1) is 0 Å². The SMILES string of the molecule is CCCCNC(=O)N1CCc2cc(S(=O)(=O)N3CC(c4ccc(OC)cc4)N=C3N)ccc21. The molecular weight excluding hydrogens is 442 g/mol. The first kappa shape index (κ1) is 22.9. The number of anilines is 1. The van der Waals surface area contributed by atoms with Gasteiger partial charge in [0, 0.05) is 18.8 Å². The minimum atomic E-state index is -3.88. The van der Waals surface area contributed by atoms with Gasteiger partial charge in [-0.05, 0) is 54.3 Å². The summed E-state index contributed by atoms with van der Waals surface area (Å²) in [5, 5.41) is 2.91. The van der Waals surface area contributed by atoms with Gasteiger partial charge in [-0.2, -0.15) is 0 Å². The average molecular weight is 472 g/mol. The third-order valence-corrected chi connectivity index (χ3v) is 7.74. The molecule has 2 aliphatic rings. The van der Waals surface area contributed by atoms with Gasteiger partial charge >= 0.3 is 6.03 Å². The molecule has 0 spiro atoms. The molecule has 2 aliphatic heterocycles. The number of fused-ring (bicyclic) bond motifs is 1. The van der Waals surface area contributed by atoms with Crippen molar-refractivity contribution in [3.8, 4) is 5.75 Å². The van der Waals surface area contributed by atoms with E-state index in [2.05, 4.69) is 17.2 Å². The van der Waals surface area contributed by atoms with Crippen LogP contribution in [0.15, 0.2) is 52.4 Å². The van der Waals surface area contributed by atoms with Crippen LogP contribution in [0.1, 0.15) is 36.9 Å². The van der Waals surface area contributed by atoms with Crippen molar-refractivity contribution in [2.75, 3.05) is 31.6 Å². The van der Waals surface area contributed by atoms with Crippen LogP contribution in [0.5, 0.6) is 5.75 Å². The van der Waals surface area contributed by atoms with E-state index < -0.39 is 10.0 Å². The molecule has 176 valence electrons. The maximum Gasteiger partial charge on any atom is 0.321 e. The zero-order valence-electron chi connectivity index (χ0n) is 18.8. The molecule has 0 aromatic heterocycles. The molecule has 0 saturated carbocycles. The van der Waals surface area contributed by atoms with Crippen LogP contribution < -0.4 is 20.7 Å². The van der Waals surface area contributed by atoms with Gasteiger partial charge < -0.3 is 15.8 Å². The van der Waals surface area contributed by atoms with Crippen LogP contribution in [0.2, 0.25) is 0 Å². The van der Waals surface area contributed by atoms with E-state index in [0.29, 0.717) is 25.3 Å². The molecule has 0 fully saturated rings. The highest BCUT2D eigenvalue weighted by atomic mass is 32.2. The Morgan fingerprint density at radius 1 is 1.24 bits per heavy atom. The number of nitrogens with one attached hydrogen (secondary N) is 1. The second-order valence-corrected chi connectivity index (χ2v) is 9.95. The van der Waals surface area contributed by atoms with E-state index in [0.717, 1.165) is 34.0 Å². The van der Waals surface area contributed by atoms with E-state index >= 15 is 0 Å². The highest BCUT2D eigenvalue weighted by Crippen LogP contribution is 2.33. The monoisotopic (exact) mass is 471 g/mol. The Bertz CT molecular complexity index is 1160. The summed E-state index contributed by atoms with van der Waals surface area (Å²) in [5.74, 6) is 0.678. The molecular formula is C23H29N5O4S. The predicted molar refractivity (Wildman–Crippen MR) is 127 cm³/mol. The van der Waals surface area contributed by atoms with Crippen LogP contribution in [0, 0.1) is 0 Å². The van der Waals surface area contributed by atoms with Gasteiger partial charge in [-0.1, -0.05) is 25.5 Å². The number of methoxy groups -OCH3 is 1. The summed E-state index contributed by atoms with van der Waals surface area (Å²) in [7, 11) is -2.30. The third kappa shape index (κ3) is 4.47. The second-order valence-electron chi connectivity index (χ2n) is 8.09. The van der Waals surface area contributed by atoms with E-state index in [1.165, 1.54) is 6.07 Å². The number of guanidine groups is 1. The third-order valence-electron chi connectivity index (χ3n) is 5.97. The summed E-state index contributed by atoms with van der Waals surface area (Å²) < 4.78 is 33.0. The van der Waals surface area contributed by atoms with Crippen LogP contribution >= 0.6 is 0 Å². The summed E-state index contributed by atoms with van der Waals surface area (Å²) in [6, 6.07) is 11.6. The van der Waals surface area contributed by atoms with Gasteiger partial charge in [0.1, 0.15) is 5.75 Å². The topological polar surface area (TPSA) is 117 Å². The summed E-state index contributed by atoms with van der Waals surface area (Å²) in [6.07, 6.45) is 2.51. The Morgan fingerprint density at radius 3 is 2.70 bits per heavy atom. The lowest BCUT2D eigenvalue weighted by Crippen LogP contribution is -2.39. The van der Waals surface area contributed by atoms with Crippen LogP contribution in [-0.2, 0) is 16.4 Å². The molecule has 2 aromatic rings. The first-order chi connectivity index (χ1) is 15.8. The van der Waals surface area contributed by atoms with Crippen LogP contribution in [-0.4, -0.2) is 51.5 Å². The zero-order chi connectivity index (χ0) is 23.6. The highest BCUT2D eigenvalue weighted by molar-refractivity contribution is 7.89. The van der Waals surface area contributed by atoms with Crippen molar-refractivity contribution in [1.82, 2.24) is 9.62 Å². The number of hydrogen-bond acceptors (Lipinski definition) is 6. The number of unbranched alkanes of at least 4 members (excludes halogenated alkanes) is 1. The molecule has 3 N–H and O–H groups in total. The second kappa shape index (κ2) is 9.30. The van der Waals surface area contributed by atoms with Crippen LogP contribution in [0.3, 0.4) is 0 Å². The molecule has 9 nitrogen and oxygen atoms in total. The molecule has 0 saturated heterocycles. The Hall–Kier alpha value is -3.27. The molecule has 1 atom stereocenters. The maximum atomic E-state index is 13.4. The van der Waals surface area contributed by atoms with E-state index in [1.54, 1.807) is 24.1 Å². The number of amides is 2. The van der Waals surface area contributed by atoms with Crippen molar-refractivity contribution in [2.45, 2.75) is 37.1 Å². The van der Waals surface area contributed by atoms with Crippen molar-refractivity contribution in [3.05, 3.63) is 53.6 Å². The fourth-order valence-electron chi connectivity index (χ4n) is 4.09. The molecule has 0 aliphatic carbocycles. The number of sulfonamides is 1. The lowest BCUT2D eigenvalue weighted by Gasteiger charge is -2.21. The molecule has 0 bridgehead atoms. The Labute approximate surface area is 194 Å². The summed E-state index contributed by atoms with van der Waals surface area (Å²) in [4.78, 5) is 18.6. The number of nitrogens with zero attached hydrogens (tertiary/aromatic N) is 3. The average Bonchev–Trinajstić information content (AvgIpc) is 3.43. The number of hydrogen-bond donors (Lipinski definition) is 2. The maximum absolute atomic E-state index is 13.4. The highest BCUT2D eigenvalue weighted by Gasteiger charge is 2.35. The molecule has 10 heteroatoms. The van der Waals surface area contributed by atoms with E-state index in [9.17, 15) is 13.2 Å². The predicted octanol–water partition coefficient (Wildman–Crippen LogP) is 2.63. The Balaban J connectivity index is 1.51. The first-order valence-electron chi connectivity index (χ1n) is 11.0. The standard InChI is InChI=1S/C23H29N5O4S/c1-3-4-12-25-23(29)27-13-11-17-14-19(9-10-21(17)27)33(30,31)28-15-20(26-22(28)24)16-5-7-18(32-2)8-6-16/h5-10,14,20H,3-4,11-13,15H2,1-2H3,(H2,24,26)(H,25,29). The summed E-state index contributed by atoms with van der Waals surface area (Å²) >= 11 is 0. The van der Waals surface area contributed by atoms with E-state index in [4.69, 9.17) is 10.5 Å². The smallest absolute Gasteiger partial charge is 0.321 e. The van der Waals surface area contributed by atoms with Crippen LogP contribution in [0.25, 0.3) is 0 Å². The van der Waals surface area contributed by atoms with E-state index in [-0.39, 0.29) is 29.5 Å². The number of urea groups is 1. The number of ether oxygens (including phenoxy) is 1. The van der Waals surface area contributed by atoms with Gasteiger partial charge in [0.05, 0.1) is 24.6 Å². The van der Waals surface area contributed by atoms with Gasteiger partial charge in [0.25, 0.3) is 10.0 Å². The molecule has 4 rings (SSSR count). The minimum absolute atomic E-state index is 0.0340. The van der Waals surface area contributed by atoms with Crippen molar-refractivity contribution in [3.63, 3.8) is 0 Å². The molecule has 2 amide bonds. The molecule has 33 heavy (non-hydrogen) atoms. The lowest BCUT2D eigenvalue weighted by molar-refractivity contribution is 0.246. The fraction of sp³-hybridized carbons (Fsp3) is 0.391. The number of carbonyl (C=O) groups excluding carboxylic acids is 1. The summed E-state index contributed by atoms with van der Waals surface area (Å²) in [6.45, 7) is 3.33. The largest absolute Gasteiger partial charge is 0.497 e. The summed E-state index contributed by atoms with van der Waals surface area (Å²) in [5.41, 5.74) is 8.45. The number of benzene rings is 2. The van der Waals surface area contributed by atoms with Crippen molar-refractivity contribution >= 4 is 27.7 Å².